The first-order valence-corrected chi connectivity index (χ1v) is 7.06. The maximum absolute atomic E-state index is 11.6. The first kappa shape index (κ1) is 13.2. The first-order chi connectivity index (χ1) is 7.38. The Morgan fingerprint density at radius 2 is 2.00 bits per heavy atom. The van der Waals surface area contributed by atoms with Gasteiger partial charge in [0, 0.05) is 5.75 Å². The molecule has 4 heteroatoms. The molecular formula is C12H18O3S. The van der Waals surface area contributed by atoms with Crippen molar-refractivity contribution >= 4 is 9.84 Å². The molecule has 1 N–H and O–H groups in total. The molecule has 0 aromatic heterocycles. The Bertz CT molecular complexity index is 451. The van der Waals surface area contributed by atoms with Gasteiger partial charge in [-0.25, -0.2) is 8.42 Å². The van der Waals surface area contributed by atoms with Gasteiger partial charge in [-0.05, 0) is 19.4 Å². The Balaban J connectivity index is 2.99. The van der Waals surface area contributed by atoms with Crippen LogP contribution in [0.1, 0.15) is 31.1 Å². The summed E-state index contributed by atoms with van der Waals surface area (Å²) in [6, 6.07) is 7.29. The maximum Gasteiger partial charge on any atom is 0.155 e. The normalized spacial score (nSPS) is 15.8. The fourth-order valence-electron chi connectivity index (χ4n) is 1.58. The van der Waals surface area contributed by atoms with Crippen LogP contribution in [-0.4, -0.2) is 24.5 Å². The highest BCUT2D eigenvalue weighted by atomic mass is 32.2. The third-order valence-electron chi connectivity index (χ3n) is 2.80. The number of rotatable bonds is 4. The second-order valence-electron chi connectivity index (χ2n) is 4.02. The van der Waals surface area contributed by atoms with E-state index in [1.807, 2.05) is 25.1 Å². The van der Waals surface area contributed by atoms with E-state index in [-0.39, 0.29) is 5.75 Å². The summed E-state index contributed by atoms with van der Waals surface area (Å²) in [5.41, 5.74) is 1.67. The van der Waals surface area contributed by atoms with Crippen molar-refractivity contribution < 1.29 is 13.5 Å². The van der Waals surface area contributed by atoms with Crippen molar-refractivity contribution in [1.82, 2.24) is 0 Å². The van der Waals surface area contributed by atoms with Crippen LogP contribution in [-0.2, 0) is 9.84 Å². The lowest BCUT2D eigenvalue weighted by atomic mass is 10.0. The highest BCUT2D eigenvalue weighted by Gasteiger charge is 2.27. The molecule has 2 atom stereocenters. The fraction of sp³-hybridized carbons (Fsp3) is 0.500. The van der Waals surface area contributed by atoms with Crippen LogP contribution in [0, 0.1) is 6.92 Å². The average Bonchev–Trinajstić information content (AvgIpc) is 2.27. The third-order valence-corrected chi connectivity index (χ3v) is 4.99. The lowest BCUT2D eigenvalue weighted by Crippen LogP contribution is -2.26. The molecule has 0 radical (unpaired) electrons. The van der Waals surface area contributed by atoms with Crippen molar-refractivity contribution in [1.29, 1.82) is 0 Å². The van der Waals surface area contributed by atoms with E-state index in [2.05, 4.69) is 0 Å². The number of hydrogen-bond acceptors (Lipinski definition) is 3. The molecule has 0 unspecified atom stereocenters. The first-order valence-electron chi connectivity index (χ1n) is 5.34. The number of hydrogen-bond donors (Lipinski definition) is 1. The molecule has 0 heterocycles. The predicted octanol–water partition coefficient (Wildman–Crippen LogP) is 1.85. The molecule has 0 saturated heterocycles. The van der Waals surface area contributed by atoms with Crippen LogP contribution in [0.5, 0.6) is 0 Å². The van der Waals surface area contributed by atoms with Crippen molar-refractivity contribution in [2.24, 2.45) is 0 Å². The summed E-state index contributed by atoms with van der Waals surface area (Å²) in [6.45, 7) is 5.05. The quantitative estimate of drug-likeness (QED) is 0.876. The van der Waals surface area contributed by atoms with Gasteiger partial charge in [0.1, 0.15) is 0 Å². The summed E-state index contributed by atoms with van der Waals surface area (Å²) in [6.07, 6.45) is -0.954. The Labute approximate surface area is 97.0 Å². The molecule has 0 aliphatic rings. The molecule has 1 aromatic rings. The van der Waals surface area contributed by atoms with Gasteiger partial charge in [-0.3, -0.25) is 0 Å². The number of aliphatic hydroxyl groups excluding tert-OH is 1. The van der Waals surface area contributed by atoms with E-state index in [9.17, 15) is 13.5 Å². The molecule has 0 spiro atoms. The number of sulfone groups is 1. The van der Waals surface area contributed by atoms with Crippen LogP contribution in [0.3, 0.4) is 0 Å². The molecule has 90 valence electrons. The minimum Gasteiger partial charge on any atom is -0.387 e. The van der Waals surface area contributed by atoms with Crippen LogP contribution in [0.15, 0.2) is 24.3 Å². The minimum atomic E-state index is -3.21. The molecule has 0 saturated carbocycles. The van der Waals surface area contributed by atoms with Gasteiger partial charge < -0.3 is 5.11 Å². The molecule has 0 aliphatic carbocycles. The van der Waals surface area contributed by atoms with Gasteiger partial charge >= 0.3 is 0 Å². The topological polar surface area (TPSA) is 54.4 Å². The largest absolute Gasteiger partial charge is 0.387 e. The van der Waals surface area contributed by atoms with E-state index in [0.29, 0.717) is 5.56 Å². The van der Waals surface area contributed by atoms with E-state index in [0.717, 1.165) is 5.56 Å². The van der Waals surface area contributed by atoms with Crippen molar-refractivity contribution in [3.05, 3.63) is 35.4 Å². The van der Waals surface area contributed by atoms with Crippen molar-refractivity contribution in [2.45, 2.75) is 32.1 Å². The van der Waals surface area contributed by atoms with Crippen LogP contribution in [0.25, 0.3) is 0 Å². The van der Waals surface area contributed by atoms with Crippen molar-refractivity contribution in [2.75, 3.05) is 5.75 Å². The molecule has 1 rings (SSSR count). The number of benzene rings is 1. The van der Waals surface area contributed by atoms with Crippen LogP contribution in [0.4, 0.5) is 0 Å². The van der Waals surface area contributed by atoms with Gasteiger partial charge in [-0.1, -0.05) is 36.8 Å². The zero-order valence-electron chi connectivity index (χ0n) is 9.84. The second-order valence-corrected chi connectivity index (χ2v) is 6.66. The number of aliphatic hydroxyl groups is 1. The summed E-state index contributed by atoms with van der Waals surface area (Å²) < 4.78 is 23.3. The smallest absolute Gasteiger partial charge is 0.155 e. The van der Waals surface area contributed by atoms with Gasteiger partial charge in [-0.15, -0.1) is 0 Å². The lowest BCUT2D eigenvalue weighted by Gasteiger charge is -2.19. The highest BCUT2D eigenvalue weighted by molar-refractivity contribution is 7.92. The van der Waals surface area contributed by atoms with E-state index < -0.39 is 21.2 Å². The van der Waals surface area contributed by atoms with Gasteiger partial charge in [0.15, 0.2) is 9.84 Å². The SMILES string of the molecule is CCS(=O)(=O)[C@H](C)[C@@H](O)c1cccc(C)c1. The summed E-state index contributed by atoms with van der Waals surface area (Å²) in [7, 11) is -3.21. The van der Waals surface area contributed by atoms with Crippen molar-refractivity contribution in [3.63, 3.8) is 0 Å². The van der Waals surface area contributed by atoms with Crippen LogP contribution < -0.4 is 0 Å². The molecule has 0 aliphatic heterocycles. The van der Waals surface area contributed by atoms with E-state index >= 15 is 0 Å². The third kappa shape index (κ3) is 2.83. The predicted molar refractivity (Wildman–Crippen MR) is 65.1 cm³/mol. The molecule has 3 nitrogen and oxygen atoms in total. The van der Waals surface area contributed by atoms with Crippen LogP contribution in [0.2, 0.25) is 0 Å². The maximum atomic E-state index is 11.6. The standard InChI is InChI=1S/C12H18O3S/c1-4-16(14,15)10(3)12(13)11-7-5-6-9(2)8-11/h5-8,10,12-13H,4H2,1-3H3/t10-,12-/m1/s1. The van der Waals surface area contributed by atoms with Crippen LogP contribution >= 0.6 is 0 Å². The summed E-state index contributed by atoms with van der Waals surface area (Å²) in [5.74, 6) is 0.0526. The van der Waals surface area contributed by atoms with Gasteiger partial charge in [0.05, 0.1) is 11.4 Å². The van der Waals surface area contributed by atoms with E-state index in [4.69, 9.17) is 0 Å². The summed E-state index contributed by atoms with van der Waals surface area (Å²) >= 11 is 0. The zero-order chi connectivity index (χ0) is 12.3. The highest BCUT2D eigenvalue weighted by Crippen LogP contribution is 2.23. The molecule has 1 aromatic carbocycles. The summed E-state index contributed by atoms with van der Waals surface area (Å²) in [4.78, 5) is 0. The van der Waals surface area contributed by atoms with Crippen molar-refractivity contribution in [3.8, 4) is 0 Å². The average molecular weight is 242 g/mol. The molecule has 0 fully saturated rings. The van der Waals surface area contributed by atoms with Gasteiger partial charge in [-0.2, -0.15) is 0 Å². The Morgan fingerprint density at radius 3 is 2.50 bits per heavy atom. The Morgan fingerprint density at radius 1 is 1.38 bits per heavy atom. The van der Waals surface area contributed by atoms with Gasteiger partial charge in [0.25, 0.3) is 0 Å². The summed E-state index contributed by atoms with van der Waals surface area (Å²) in [5, 5.41) is 9.24. The monoisotopic (exact) mass is 242 g/mol. The Hall–Kier alpha value is -0.870. The van der Waals surface area contributed by atoms with E-state index in [1.165, 1.54) is 0 Å². The zero-order valence-corrected chi connectivity index (χ0v) is 10.7. The second kappa shape index (κ2) is 4.97. The minimum absolute atomic E-state index is 0.0526. The van der Waals surface area contributed by atoms with Gasteiger partial charge in [0.2, 0.25) is 0 Å². The lowest BCUT2D eigenvalue weighted by molar-refractivity contribution is 0.176. The molecular weight excluding hydrogens is 224 g/mol. The molecule has 16 heavy (non-hydrogen) atoms. The molecule has 0 amide bonds. The fourth-order valence-corrected chi connectivity index (χ4v) is 2.66. The van der Waals surface area contributed by atoms with E-state index in [1.54, 1.807) is 19.9 Å². The number of aryl methyl sites for hydroxylation is 1. The Kier molecular flexibility index (Phi) is 4.10. The molecule has 0 bridgehead atoms.